The third-order valence-electron chi connectivity index (χ3n) is 7.04. The Bertz CT molecular complexity index is 2280. The van der Waals surface area contributed by atoms with Gasteiger partial charge in [-0.05, 0) is 109 Å². The van der Waals surface area contributed by atoms with Crippen molar-refractivity contribution in [2.75, 3.05) is 23.8 Å². The number of nitrogens with one attached hydrogen (secondary N) is 2. The highest BCUT2D eigenvalue weighted by atomic mass is 35.7. The summed E-state index contributed by atoms with van der Waals surface area (Å²) in [5.74, 6) is 0.384. The molecule has 292 valence electrons. The van der Waals surface area contributed by atoms with Crippen molar-refractivity contribution >= 4 is 111 Å². The summed E-state index contributed by atoms with van der Waals surface area (Å²) in [6, 6.07) is 21.4. The van der Waals surface area contributed by atoms with Crippen LogP contribution in [0.15, 0.2) is 101 Å². The molecule has 55 heavy (non-hydrogen) atoms. The van der Waals surface area contributed by atoms with E-state index in [4.69, 9.17) is 66.6 Å². The first kappa shape index (κ1) is 44.0. The summed E-state index contributed by atoms with van der Waals surface area (Å²) in [5, 5.41) is 7.67. The lowest BCUT2D eigenvalue weighted by Gasteiger charge is -2.09. The Labute approximate surface area is 346 Å². The molecule has 0 bridgehead atoms. The second-order valence-electron chi connectivity index (χ2n) is 11.2. The third kappa shape index (κ3) is 15.1. The van der Waals surface area contributed by atoms with Crippen LogP contribution in [0.2, 0.25) is 20.1 Å². The van der Waals surface area contributed by atoms with Crippen LogP contribution in [0.5, 0.6) is 11.5 Å². The van der Waals surface area contributed by atoms with Crippen LogP contribution >= 0.6 is 68.6 Å². The number of ether oxygens (including phenoxy) is 2. The van der Waals surface area contributed by atoms with E-state index in [0.29, 0.717) is 74.0 Å². The number of hydrogen-bond donors (Lipinski definition) is 2. The lowest BCUT2D eigenvalue weighted by atomic mass is 10.2. The summed E-state index contributed by atoms with van der Waals surface area (Å²) < 4.78 is 61.9. The lowest BCUT2D eigenvalue weighted by Crippen LogP contribution is -2.13. The topological polar surface area (TPSA) is 171 Å². The van der Waals surface area contributed by atoms with Crippen molar-refractivity contribution in [2.45, 2.75) is 41.2 Å². The van der Waals surface area contributed by atoms with Gasteiger partial charge in [-0.25, -0.2) is 21.8 Å². The molecule has 0 aliphatic carbocycles. The minimum atomic E-state index is -3.77. The van der Waals surface area contributed by atoms with Crippen molar-refractivity contribution in [3.63, 3.8) is 0 Å². The summed E-state index contributed by atoms with van der Waals surface area (Å²) in [5.41, 5.74) is 0.993. The highest BCUT2D eigenvalue weighted by molar-refractivity contribution is 8.13. The molecule has 0 spiro atoms. The van der Waals surface area contributed by atoms with E-state index >= 15 is 0 Å². The Morgan fingerprint density at radius 3 is 1.51 bits per heavy atom. The SMILES string of the molecule is O=C(CCCOc1ccc(Cl)cc1Cl)Nc1ccc(S(=O)(=O)Cc2ncns2)cc1.O=C(CCCOc1ccc(Cl)cc1Cl)Nc1ccc(S(=O)(=O)Cl)cc1. The monoisotopic (exact) mass is 906 g/mol. The predicted molar refractivity (Wildman–Crippen MR) is 216 cm³/mol. The van der Waals surface area contributed by atoms with Crippen molar-refractivity contribution in [3.05, 3.63) is 116 Å². The highest BCUT2D eigenvalue weighted by Gasteiger charge is 2.17. The van der Waals surface area contributed by atoms with Gasteiger partial charge >= 0.3 is 0 Å². The number of rotatable bonds is 16. The van der Waals surface area contributed by atoms with Crippen LogP contribution in [0.3, 0.4) is 0 Å². The Morgan fingerprint density at radius 1 is 0.655 bits per heavy atom. The molecule has 0 atom stereocenters. The van der Waals surface area contributed by atoms with Gasteiger partial charge in [-0.3, -0.25) is 9.59 Å². The second-order valence-corrected chi connectivity index (χ2v) is 18.3. The zero-order chi connectivity index (χ0) is 40.0. The van der Waals surface area contributed by atoms with Crippen molar-refractivity contribution in [1.29, 1.82) is 0 Å². The Hall–Kier alpha value is -3.67. The fraction of sp³-hybridized carbons (Fsp3) is 0.200. The molecule has 1 aromatic heterocycles. The first-order valence-corrected chi connectivity index (χ1v) is 22.2. The van der Waals surface area contributed by atoms with Crippen LogP contribution in [0.25, 0.3) is 0 Å². The van der Waals surface area contributed by atoms with E-state index in [9.17, 15) is 26.4 Å². The molecule has 20 heteroatoms. The zero-order valence-electron chi connectivity index (χ0n) is 28.4. The van der Waals surface area contributed by atoms with Crippen LogP contribution in [0.1, 0.15) is 30.7 Å². The number of amides is 2. The number of aromatic nitrogens is 2. The van der Waals surface area contributed by atoms with Gasteiger partial charge in [0.15, 0.2) is 9.84 Å². The van der Waals surface area contributed by atoms with Gasteiger partial charge in [-0.2, -0.15) is 4.37 Å². The molecule has 0 aliphatic heterocycles. The van der Waals surface area contributed by atoms with E-state index in [-0.39, 0.29) is 40.2 Å². The molecule has 0 fully saturated rings. The van der Waals surface area contributed by atoms with E-state index < -0.39 is 18.9 Å². The summed E-state index contributed by atoms with van der Waals surface area (Å²) >= 11 is 24.7. The van der Waals surface area contributed by atoms with Gasteiger partial charge in [-0.1, -0.05) is 46.4 Å². The maximum absolute atomic E-state index is 12.4. The number of carbonyl (C=O) groups is 2. The van der Waals surface area contributed by atoms with Gasteiger partial charge in [0.1, 0.15) is 28.6 Å². The van der Waals surface area contributed by atoms with Gasteiger partial charge in [0.25, 0.3) is 9.05 Å². The minimum absolute atomic E-state index is 0.0274. The van der Waals surface area contributed by atoms with Crippen LogP contribution in [-0.4, -0.2) is 51.2 Å². The summed E-state index contributed by atoms with van der Waals surface area (Å²) in [4.78, 5) is 28.0. The van der Waals surface area contributed by atoms with Gasteiger partial charge < -0.3 is 20.1 Å². The average molecular weight is 909 g/mol. The van der Waals surface area contributed by atoms with Crippen LogP contribution in [0.4, 0.5) is 11.4 Å². The number of sulfone groups is 1. The van der Waals surface area contributed by atoms with Crippen LogP contribution in [0, 0.1) is 0 Å². The van der Waals surface area contributed by atoms with E-state index in [1.54, 1.807) is 48.5 Å². The number of halogens is 5. The molecule has 5 aromatic rings. The maximum atomic E-state index is 12.4. The molecular weight excluding hydrogens is 878 g/mol. The van der Waals surface area contributed by atoms with E-state index in [1.807, 2.05) is 0 Å². The van der Waals surface area contributed by atoms with Gasteiger partial charge in [0.05, 0.1) is 33.0 Å². The maximum Gasteiger partial charge on any atom is 0.261 e. The largest absolute Gasteiger partial charge is 0.492 e. The standard InChI is InChI=1S/C19H17Cl2N3O4S2.C16H14Cl3NO4S/c20-13-3-8-17(16(21)10-13)28-9-1-2-18(25)24-14-4-6-15(7-5-14)30(26,27)11-19-22-12-23-29-19;17-11-3-8-15(14(18)10-11)24-9-1-2-16(21)20-12-4-6-13(7-5-12)25(19,22)23/h3-8,10,12H,1-2,9,11H2,(H,24,25);3-8,10H,1-2,9H2,(H,20,21). The molecular formula is C35H31Cl5N4O8S3. The Balaban J connectivity index is 0.000000249. The fourth-order valence-electron chi connectivity index (χ4n) is 4.41. The predicted octanol–water partition coefficient (Wildman–Crippen LogP) is 9.34. The number of carbonyl (C=O) groups excluding carboxylic acids is 2. The molecule has 12 nitrogen and oxygen atoms in total. The summed E-state index contributed by atoms with van der Waals surface area (Å²) in [6.07, 6.45) is 2.77. The molecule has 2 N–H and O–H groups in total. The summed E-state index contributed by atoms with van der Waals surface area (Å²) in [7, 11) is -2.07. The number of hydrogen-bond acceptors (Lipinski definition) is 11. The number of anilines is 2. The van der Waals surface area contributed by atoms with Crippen molar-refractivity contribution in [1.82, 2.24) is 9.36 Å². The molecule has 4 aromatic carbocycles. The van der Waals surface area contributed by atoms with E-state index in [1.165, 1.54) is 42.7 Å². The van der Waals surface area contributed by atoms with Gasteiger partial charge in [0.2, 0.25) is 11.8 Å². The molecule has 2 amide bonds. The van der Waals surface area contributed by atoms with Gasteiger partial charge in [0, 0.05) is 44.9 Å². The first-order chi connectivity index (χ1) is 26.1. The van der Waals surface area contributed by atoms with E-state index in [2.05, 4.69) is 20.0 Å². The molecule has 5 rings (SSSR count). The average Bonchev–Trinajstić information content (AvgIpc) is 3.63. The second kappa shape index (κ2) is 21.0. The summed E-state index contributed by atoms with van der Waals surface area (Å²) in [6.45, 7) is 0.635. The smallest absolute Gasteiger partial charge is 0.261 e. The molecule has 0 aliphatic rings. The molecule has 0 saturated carbocycles. The molecule has 1 heterocycles. The normalized spacial score (nSPS) is 11.2. The lowest BCUT2D eigenvalue weighted by molar-refractivity contribution is -0.117. The number of benzene rings is 4. The highest BCUT2D eigenvalue weighted by Crippen LogP contribution is 2.29. The fourth-order valence-corrected chi connectivity index (χ4v) is 8.21. The van der Waals surface area contributed by atoms with Gasteiger partial charge in [-0.15, -0.1) is 0 Å². The number of nitrogens with zero attached hydrogens (tertiary/aromatic N) is 2. The van der Waals surface area contributed by atoms with Crippen LogP contribution in [-0.2, 0) is 34.2 Å². The van der Waals surface area contributed by atoms with Crippen LogP contribution < -0.4 is 20.1 Å². The molecule has 0 radical (unpaired) electrons. The molecule has 0 saturated heterocycles. The quantitative estimate of drug-likeness (QED) is 0.0718. The van der Waals surface area contributed by atoms with Crippen molar-refractivity contribution < 1.29 is 35.9 Å². The first-order valence-electron chi connectivity index (χ1n) is 16.0. The molecule has 0 unspecified atom stereocenters. The Kier molecular flexibility index (Phi) is 16.8. The van der Waals surface area contributed by atoms with Crippen molar-refractivity contribution in [2.24, 2.45) is 0 Å². The van der Waals surface area contributed by atoms with E-state index in [0.717, 1.165) is 11.5 Å². The Morgan fingerprint density at radius 2 is 1.11 bits per heavy atom. The minimum Gasteiger partial charge on any atom is -0.492 e. The zero-order valence-corrected chi connectivity index (χ0v) is 34.6. The third-order valence-corrected chi connectivity index (χ3v) is 12.0. The van der Waals surface area contributed by atoms with Crippen molar-refractivity contribution in [3.8, 4) is 11.5 Å².